The Bertz CT molecular complexity index is 899. The van der Waals surface area contributed by atoms with Crippen LogP contribution in [0.5, 0.6) is 11.5 Å². The van der Waals surface area contributed by atoms with E-state index in [1.54, 1.807) is 0 Å². The maximum absolute atomic E-state index is 13.6. The number of nitrogens with zero attached hydrogens (tertiary/aromatic N) is 1. The van der Waals surface area contributed by atoms with E-state index in [-0.39, 0.29) is 5.82 Å². The average Bonchev–Trinajstić information content (AvgIpc) is 3.58. The number of halogens is 1. The van der Waals surface area contributed by atoms with E-state index in [9.17, 15) is 4.39 Å². The minimum atomic E-state index is -0.224. The number of hydrogen-bond donors (Lipinski definition) is 0. The molecule has 2 aliphatic heterocycles. The Labute approximate surface area is 170 Å². The van der Waals surface area contributed by atoms with E-state index in [2.05, 4.69) is 11.0 Å². The molecule has 3 aliphatic rings. The van der Waals surface area contributed by atoms with Crippen molar-refractivity contribution in [1.29, 1.82) is 0 Å². The summed E-state index contributed by atoms with van der Waals surface area (Å²) in [6.07, 6.45) is 2.52. The molecule has 2 heterocycles. The van der Waals surface area contributed by atoms with E-state index in [0.717, 1.165) is 67.7 Å². The number of ether oxygens (including phenoxy) is 3. The second-order valence-corrected chi connectivity index (χ2v) is 8.07. The molecule has 152 valence electrons. The molecule has 0 amide bonds. The lowest BCUT2D eigenvalue weighted by molar-refractivity contribution is 0.0413. The van der Waals surface area contributed by atoms with Crippen LogP contribution in [0.25, 0.3) is 5.57 Å². The molecular formula is C24H26FNO3. The topological polar surface area (TPSA) is 30.9 Å². The Morgan fingerprint density at radius 3 is 2.59 bits per heavy atom. The molecule has 2 fully saturated rings. The third-order valence-corrected chi connectivity index (χ3v) is 5.81. The lowest BCUT2D eigenvalue weighted by Crippen LogP contribution is -2.38. The van der Waals surface area contributed by atoms with Gasteiger partial charge in [0.1, 0.15) is 23.9 Å². The number of fused-ring (bicyclic) bond motifs is 1. The third kappa shape index (κ3) is 4.31. The fourth-order valence-electron chi connectivity index (χ4n) is 3.98. The van der Waals surface area contributed by atoms with Gasteiger partial charge in [-0.3, -0.25) is 4.90 Å². The van der Waals surface area contributed by atoms with E-state index in [1.165, 1.54) is 30.5 Å². The molecule has 0 bridgehead atoms. The van der Waals surface area contributed by atoms with E-state index >= 15 is 0 Å². The van der Waals surface area contributed by atoms with Gasteiger partial charge >= 0.3 is 0 Å². The quantitative estimate of drug-likeness (QED) is 0.736. The maximum atomic E-state index is 13.6. The molecule has 1 saturated heterocycles. The summed E-state index contributed by atoms with van der Waals surface area (Å²) >= 11 is 0. The van der Waals surface area contributed by atoms with Gasteiger partial charge < -0.3 is 14.2 Å². The van der Waals surface area contributed by atoms with Crippen molar-refractivity contribution in [2.24, 2.45) is 5.92 Å². The molecule has 0 atom stereocenters. The highest BCUT2D eigenvalue weighted by Gasteiger charge is 2.26. The molecule has 4 nitrogen and oxygen atoms in total. The van der Waals surface area contributed by atoms with Crippen molar-refractivity contribution in [3.8, 4) is 11.5 Å². The fourth-order valence-corrected chi connectivity index (χ4v) is 3.98. The summed E-state index contributed by atoms with van der Waals surface area (Å²) in [7, 11) is 0. The van der Waals surface area contributed by atoms with Crippen molar-refractivity contribution in [2.75, 3.05) is 46.1 Å². The van der Waals surface area contributed by atoms with Gasteiger partial charge in [-0.05, 0) is 65.8 Å². The van der Waals surface area contributed by atoms with Gasteiger partial charge in [-0.15, -0.1) is 0 Å². The van der Waals surface area contributed by atoms with Gasteiger partial charge in [0, 0.05) is 25.2 Å². The maximum Gasteiger partial charge on any atom is 0.127 e. The van der Waals surface area contributed by atoms with Crippen LogP contribution in [-0.2, 0) is 4.74 Å². The molecule has 0 spiro atoms. The SMILES string of the molecule is Fc1ccc(C2=C(CN3CCOCC3)COc3ccc(OCC4CC4)cc32)cc1. The van der Waals surface area contributed by atoms with E-state index in [0.29, 0.717) is 12.5 Å². The zero-order chi connectivity index (χ0) is 19.6. The Hall–Kier alpha value is -2.37. The molecule has 0 N–H and O–H groups in total. The van der Waals surface area contributed by atoms with Crippen LogP contribution in [0.1, 0.15) is 24.0 Å². The van der Waals surface area contributed by atoms with Gasteiger partial charge in [-0.1, -0.05) is 12.1 Å². The Morgan fingerprint density at radius 1 is 1.03 bits per heavy atom. The summed E-state index contributed by atoms with van der Waals surface area (Å²) < 4.78 is 31.2. The van der Waals surface area contributed by atoms with Crippen LogP contribution in [0.15, 0.2) is 48.0 Å². The number of benzene rings is 2. The highest BCUT2D eigenvalue weighted by molar-refractivity contribution is 5.87. The standard InChI is InChI=1S/C24H26FNO3/c25-20-5-3-18(4-6-20)24-19(14-26-9-11-27-12-10-26)16-29-23-8-7-21(13-22(23)24)28-15-17-1-2-17/h3-8,13,17H,1-2,9-12,14-16H2. The van der Waals surface area contributed by atoms with Crippen LogP contribution in [0.2, 0.25) is 0 Å². The van der Waals surface area contributed by atoms with Crippen LogP contribution < -0.4 is 9.47 Å². The average molecular weight is 395 g/mol. The van der Waals surface area contributed by atoms with Crippen molar-refractivity contribution in [3.63, 3.8) is 0 Å². The van der Waals surface area contributed by atoms with Crippen molar-refractivity contribution < 1.29 is 18.6 Å². The second kappa shape index (κ2) is 8.17. The molecule has 0 aromatic heterocycles. The highest BCUT2D eigenvalue weighted by atomic mass is 19.1. The van der Waals surface area contributed by atoms with Crippen LogP contribution in [0, 0.1) is 11.7 Å². The summed E-state index contributed by atoms with van der Waals surface area (Å²) in [5.74, 6) is 2.20. The minimum absolute atomic E-state index is 0.224. The fraction of sp³-hybridized carbons (Fsp3) is 0.417. The van der Waals surface area contributed by atoms with E-state index in [4.69, 9.17) is 14.2 Å². The van der Waals surface area contributed by atoms with Crippen molar-refractivity contribution in [3.05, 3.63) is 65.0 Å². The van der Waals surface area contributed by atoms with Gasteiger partial charge in [0.25, 0.3) is 0 Å². The van der Waals surface area contributed by atoms with Gasteiger partial charge in [-0.2, -0.15) is 0 Å². The van der Waals surface area contributed by atoms with Crippen molar-refractivity contribution in [1.82, 2.24) is 4.90 Å². The number of hydrogen-bond acceptors (Lipinski definition) is 4. The van der Waals surface area contributed by atoms with Gasteiger partial charge in [0.15, 0.2) is 0 Å². The predicted molar refractivity (Wildman–Crippen MR) is 110 cm³/mol. The van der Waals surface area contributed by atoms with Crippen molar-refractivity contribution >= 4 is 5.57 Å². The Kier molecular flexibility index (Phi) is 5.25. The Balaban J connectivity index is 1.51. The predicted octanol–water partition coefficient (Wildman–Crippen LogP) is 4.14. The smallest absolute Gasteiger partial charge is 0.127 e. The van der Waals surface area contributed by atoms with Crippen LogP contribution >= 0.6 is 0 Å². The molecule has 5 heteroatoms. The third-order valence-electron chi connectivity index (χ3n) is 5.81. The Morgan fingerprint density at radius 2 is 1.83 bits per heavy atom. The lowest BCUT2D eigenvalue weighted by Gasteiger charge is -2.31. The molecule has 0 radical (unpaired) electrons. The minimum Gasteiger partial charge on any atom is -0.493 e. The molecule has 29 heavy (non-hydrogen) atoms. The first-order valence-corrected chi connectivity index (χ1v) is 10.4. The first-order valence-electron chi connectivity index (χ1n) is 10.4. The summed E-state index contributed by atoms with van der Waals surface area (Å²) in [5, 5.41) is 0. The van der Waals surface area contributed by atoms with Crippen LogP contribution in [-0.4, -0.2) is 51.0 Å². The molecule has 1 saturated carbocycles. The number of morpholine rings is 1. The molecule has 0 unspecified atom stereocenters. The monoisotopic (exact) mass is 395 g/mol. The zero-order valence-corrected chi connectivity index (χ0v) is 16.5. The first-order chi connectivity index (χ1) is 14.3. The van der Waals surface area contributed by atoms with Gasteiger partial charge in [0.2, 0.25) is 0 Å². The second-order valence-electron chi connectivity index (χ2n) is 8.07. The van der Waals surface area contributed by atoms with E-state index < -0.39 is 0 Å². The largest absolute Gasteiger partial charge is 0.493 e. The molecule has 2 aromatic carbocycles. The van der Waals surface area contributed by atoms with Gasteiger partial charge in [-0.25, -0.2) is 4.39 Å². The summed E-state index contributed by atoms with van der Waals surface area (Å²) in [5.41, 5.74) is 4.39. The lowest BCUT2D eigenvalue weighted by atomic mass is 9.90. The molecule has 5 rings (SSSR count). The van der Waals surface area contributed by atoms with Crippen molar-refractivity contribution in [2.45, 2.75) is 12.8 Å². The summed E-state index contributed by atoms with van der Waals surface area (Å²) in [4.78, 5) is 2.39. The summed E-state index contributed by atoms with van der Waals surface area (Å²) in [6, 6.07) is 12.8. The first kappa shape index (κ1) is 18.6. The normalized spacial score (nSPS) is 19.6. The summed E-state index contributed by atoms with van der Waals surface area (Å²) in [6.45, 7) is 5.48. The van der Waals surface area contributed by atoms with Gasteiger partial charge in [0.05, 0.1) is 19.8 Å². The molecule has 2 aromatic rings. The highest BCUT2D eigenvalue weighted by Crippen LogP contribution is 2.40. The number of rotatable bonds is 6. The van der Waals surface area contributed by atoms with Crippen LogP contribution in [0.3, 0.4) is 0 Å². The molecular weight excluding hydrogens is 369 g/mol. The van der Waals surface area contributed by atoms with Crippen LogP contribution in [0.4, 0.5) is 4.39 Å². The zero-order valence-electron chi connectivity index (χ0n) is 16.5. The molecule has 1 aliphatic carbocycles. The van der Waals surface area contributed by atoms with E-state index in [1.807, 2.05) is 24.3 Å².